The summed E-state index contributed by atoms with van der Waals surface area (Å²) in [4.78, 5) is 5.06. The SMILES string of the molecule is Clc1cc2c(s1)C=NCN2Cl. The quantitative estimate of drug-likeness (QED) is 0.597. The zero-order valence-electron chi connectivity index (χ0n) is 5.42. The average Bonchev–Trinajstić information content (AvgIpc) is 2.31. The van der Waals surface area contributed by atoms with Crippen molar-refractivity contribution < 1.29 is 0 Å². The van der Waals surface area contributed by atoms with Crippen molar-refractivity contribution in [3.63, 3.8) is 0 Å². The van der Waals surface area contributed by atoms with Crippen molar-refractivity contribution >= 4 is 46.6 Å². The van der Waals surface area contributed by atoms with Crippen LogP contribution in [-0.2, 0) is 0 Å². The van der Waals surface area contributed by atoms with E-state index in [1.54, 1.807) is 10.6 Å². The van der Waals surface area contributed by atoms with Crippen molar-refractivity contribution in [1.29, 1.82) is 0 Å². The molecule has 1 aromatic heterocycles. The van der Waals surface area contributed by atoms with E-state index in [1.807, 2.05) is 6.07 Å². The van der Waals surface area contributed by atoms with Crippen LogP contribution in [0.5, 0.6) is 0 Å². The van der Waals surface area contributed by atoms with E-state index < -0.39 is 0 Å². The summed E-state index contributed by atoms with van der Waals surface area (Å²) in [5.74, 6) is 0. The molecular weight excluding hydrogens is 203 g/mol. The Bertz CT molecular complexity index is 308. The first-order valence-electron chi connectivity index (χ1n) is 3.00. The van der Waals surface area contributed by atoms with Crippen LogP contribution in [0.4, 0.5) is 5.69 Å². The van der Waals surface area contributed by atoms with E-state index in [1.165, 1.54) is 11.3 Å². The second-order valence-corrected chi connectivity index (χ2v) is 4.24. The second kappa shape index (κ2) is 2.66. The predicted molar refractivity (Wildman–Crippen MR) is 50.1 cm³/mol. The molecule has 0 spiro atoms. The smallest absolute Gasteiger partial charge is 0.125 e. The molecule has 2 rings (SSSR count). The van der Waals surface area contributed by atoms with Gasteiger partial charge >= 0.3 is 0 Å². The number of rotatable bonds is 0. The first-order chi connectivity index (χ1) is 5.27. The van der Waals surface area contributed by atoms with Crippen molar-refractivity contribution in [3.05, 3.63) is 15.3 Å². The normalized spacial score (nSPS) is 15.3. The Hall–Kier alpha value is -0.250. The van der Waals surface area contributed by atoms with E-state index in [-0.39, 0.29) is 0 Å². The van der Waals surface area contributed by atoms with Crippen LogP contribution in [0.15, 0.2) is 11.1 Å². The summed E-state index contributed by atoms with van der Waals surface area (Å²) in [6.45, 7) is 0.502. The molecule has 0 radical (unpaired) electrons. The first kappa shape index (κ1) is 7.40. The molecule has 0 amide bonds. The van der Waals surface area contributed by atoms with Crippen LogP contribution in [0, 0.1) is 0 Å². The lowest BCUT2D eigenvalue weighted by Gasteiger charge is -2.15. The van der Waals surface area contributed by atoms with Gasteiger partial charge in [-0.3, -0.25) is 9.41 Å². The second-order valence-electron chi connectivity index (χ2n) is 2.12. The van der Waals surface area contributed by atoms with Crippen LogP contribution in [0.1, 0.15) is 4.88 Å². The third-order valence-corrected chi connectivity index (χ3v) is 2.86. The highest BCUT2D eigenvalue weighted by Crippen LogP contribution is 2.34. The summed E-state index contributed by atoms with van der Waals surface area (Å²) in [7, 11) is 0. The van der Waals surface area contributed by atoms with Gasteiger partial charge in [-0.25, -0.2) is 0 Å². The highest BCUT2D eigenvalue weighted by atomic mass is 35.5. The van der Waals surface area contributed by atoms with Gasteiger partial charge in [-0.05, 0) is 6.07 Å². The molecule has 0 aromatic carbocycles. The molecule has 0 unspecified atom stereocenters. The Morgan fingerprint density at radius 2 is 2.45 bits per heavy atom. The van der Waals surface area contributed by atoms with Crippen LogP contribution < -0.4 is 4.42 Å². The Balaban J connectivity index is 2.53. The number of thiophene rings is 1. The van der Waals surface area contributed by atoms with E-state index in [0.717, 1.165) is 14.9 Å². The monoisotopic (exact) mass is 206 g/mol. The molecule has 2 nitrogen and oxygen atoms in total. The molecule has 0 fully saturated rings. The Kier molecular flexibility index (Phi) is 1.79. The highest BCUT2D eigenvalue weighted by Gasteiger charge is 2.14. The number of fused-ring (bicyclic) bond motifs is 1. The molecule has 0 saturated heterocycles. The Morgan fingerprint density at radius 3 is 3.18 bits per heavy atom. The van der Waals surface area contributed by atoms with Gasteiger partial charge in [-0.15, -0.1) is 11.3 Å². The third kappa shape index (κ3) is 1.24. The molecule has 2 heterocycles. The lowest BCUT2D eigenvalue weighted by atomic mass is 10.4. The number of hydrogen-bond donors (Lipinski definition) is 0. The van der Waals surface area contributed by atoms with Gasteiger partial charge in [0.05, 0.1) is 14.9 Å². The largest absolute Gasteiger partial charge is 0.269 e. The van der Waals surface area contributed by atoms with E-state index in [4.69, 9.17) is 23.4 Å². The van der Waals surface area contributed by atoms with Crippen molar-refractivity contribution in [2.75, 3.05) is 11.1 Å². The average molecular weight is 207 g/mol. The number of anilines is 1. The molecule has 0 N–H and O–H groups in total. The van der Waals surface area contributed by atoms with Crippen LogP contribution in [0.2, 0.25) is 4.34 Å². The zero-order valence-corrected chi connectivity index (χ0v) is 7.75. The number of aliphatic imine (C=N–C) groups is 1. The molecular formula is C6H4Cl2N2S. The maximum absolute atomic E-state index is 5.83. The van der Waals surface area contributed by atoms with Crippen LogP contribution in [0.3, 0.4) is 0 Å². The van der Waals surface area contributed by atoms with Crippen LogP contribution >= 0.6 is 34.7 Å². The topological polar surface area (TPSA) is 15.6 Å². The van der Waals surface area contributed by atoms with E-state index in [9.17, 15) is 0 Å². The van der Waals surface area contributed by atoms with Gasteiger partial charge in [0.2, 0.25) is 0 Å². The molecule has 0 saturated carbocycles. The molecule has 1 aliphatic heterocycles. The summed E-state index contributed by atoms with van der Waals surface area (Å²) in [5, 5.41) is 0. The van der Waals surface area contributed by atoms with Gasteiger partial charge in [0.1, 0.15) is 6.67 Å². The van der Waals surface area contributed by atoms with Crippen molar-refractivity contribution in [2.24, 2.45) is 4.99 Å². The molecule has 11 heavy (non-hydrogen) atoms. The van der Waals surface area contributed by atoms with Gasteiger partial charge in [-0.2, -0.15) is 0 Å². The number of nitrogens with zero attached hydrogens (tertiary/aromatic N) is 2. The lowest BCUT2D eigenvalue weighted by molar-refractivity contribution is 1.04. The molecule has 0 bridgehead atoms. The minimum absolute atomic E-state index is 0.502. The fourth-order valence-electron chi connectivity index (χ4n) is 0.919. The standard InChI is InChI=1S/C6H4Cl2N2S/c7-6-1-4-5(11-6)2-9-3-10(4)8/h1-2H,3H2. The molecule has 1 aliphatic rings. The minimum atomic E-state index is 0.502. The maximum atomic E-state index is 5.83. The van der Waals surface area contributed by atoms with Gasteiger partial charge < -0.3 is 0 Å². The zero-order chi connectivity index (χ0) is 7.84. The minimum Gasteiger partial charge on any atom is -0.269 e. The summed E-state index contributed by atoms with van der Waals surface area (Å²) < 4.78 is 2.30. The van der Waals surface area contributed by atoms with Crippen molar-refractivity contribution in [2.45, 2.75) is 0 Å². The molecule has 0 atom stereocenters. The number of hydrogen-bond acceptors (Lipinski definition) is 3. The highest BCUT2D eigenvalue weighted by molar-refractivity contribution is 7.18. The van der Waals surface area contributed by atoms with Crippen molar-refractivity contribution in [1.82, 2.24) is 0 Å². The van der Waals surface area contributed by atoms with Crippen molar-refractivity contribution in [3.8, 4) is 0 Å². The number of halogens is 2. The molecule has 0 aliphatic carbocycles. The molecule has 1 aromatic rings. The van der Waals surface area contributed by atoms with Crippen LogP contribution in [-0.4, -0.2) is 12.9 Å². The van der Waals surface area contributed by atoms with Gasteiger partial charge in [0, 0.05) is 18.0 Å². The van der Waals surface area contributed by atoms with Gasteiger partial charge in [0.25, 0.3) is 0 Å². The lowest BCUT2D eigenvalue weighted by Crippen LogP contribution is -2.14. The van der Waals surface area contributed by atoms with E-state index in [2.05, 4.69) is 4.99 Å². The summed E-state index contributed by atoms with van der Waals surface area (Å²) in [5.41, 5.74) is 0.955. The van der Waals surface area contributed by atoms with Gasteiger partial charge in [0.15, 0.2) is 0 Å². The summed E-state index contributed by atoms with van der Waals surface area (Å²) in [6.07, 6.45) is 1.80. The van der Waals surface area contributed by atoms with Crippen LogP contribution in [0.25, 0.3) is 0 Å². The third-order valence-electron chi connectivity index (χ3n) is 1.39. The Labute approximate surface area is 78.2 Å². The predicted octanol–water partition coefficient (Wildman–Crippen LogP) is 2.75. The van der Waals surface area contributed by atoms with E-state index in [0.29, 0.717) is 6.67 Å². The first-order valence-corrected chi connectivity index (χ1v) is 4.53. The maximum Gasteiger partial charge on any atom is 0.125 e. The van der Waals surface area contributed by atoms with E-state index >= 15 is 0 Å². The fraction of sp³-hybridized carbons (Fsp3) is 0.167. The Morgan fingerprint density at radius 1 is 1.64 bits per heavy atom. The molecule has 5 heteroatoms. The van der Waals surface area contributed by atoms with Gasteiger partial charge in [-0.1, -0.05) is 11.6 Å². The molecule has 58 valence electrons. The summed E-state index contributed by atoms with van der Waals surface area (Å²) >= 11 is 13.1. The summed E-state index contributed by atoms with van der Waals surface area (Å²) in [6, 6.07) is 1.85. The fourth-order valence-corrected chi connectivity index (χ4v) is 2.31.